The first-order chi connectivity index (χ1) is 8.86. The Kier molecular flexibility index (Phi) is 3.52. The number of allylic oxidation sites excluding steroid dienone is 2. The molecule has 3 rings (SSSR count). The molecule has 92 valence electrons. The number of aromatic nitrogens is 1. The highest BCUT2D eigenvalue weighted by Crippen LogP contribution is 2.47. The summed E-state index contributed by atoms with van der Waals surface area (Å²) in [6, 6.07) is 10.5. The Bertz CT molecular complexity index is 557. The van der Waals surface area contributed by atoms with E-state index in [9.17, 15) is 0 Å². The lowest BCUT2D eigenvalue weighted by molar-refractivity contribution is 1.01. The van der Waals surface area contributed by atoms with Crippen molar-refractivity contribution in [2.24, 2.45) is 0 Å². The minimum Gasteiger partial charge on any atom is -0.255 e. The first-order valence-electron chi connectivity index (χ1n) is 6.23. The Balaban J connectivity index is 1.79. The SMILES string of the molecule is CCC1=CCC(c2ccc(-c3ccccn3)s2)S1. The maximum Gasteiger partial charge on any atom is 0.0801 e. The zero-order chi connectivity index (χ0) is 12.4. The van der Waals surface area contributed by atoms with Gasteiger partial charge in [-0.3, -0.25) is 4.98 Å². The molecule has 2 aromatic heterocycles. The molecule has 2 aromatic rings. The predicted molar refractivity (Wildman–Crippen MR) is 80.9 cm³/mol. The van der Waals surface area contributed by atoms with Gasteiger partial charge in [-0.05, 0) is 42.0 Å². The summed E-state index contributed by atoms with van der Waals surface area (Å²) < 4.78 is 0. The van der Waals surface area contributed by atoms with E-state index in [-0.39, 0.29) is 0 Å². The third-order valence-corrected chi connectivity index (χ3v) is 5.92. The molecule has 1 nitrogen and oxygen atoms in total. The molecule has 0 aliphatic carbocycles. The van der Waals surface area contributed by atoms with Crippen molar-refractivity contribution >= 4 is 23.1 Å². The number of thiophene rings is 1. The van der Waals surface area contributed by atoms with E-state index in [2.05, 4.69) is 36.2 Å². The van der Waals surface area contributed by atoms with Gasteiger partial charge in [-0.2, -0.15) is 0 Å². The molecular formula is C15H15NS2. The Morgan fingerprint density at radius 1 is 1.28 bits per heavy atom. The second kappa shape index (κ2) is 5.29. The number of pyridine rings is 1. The van der Waals surface area contributed by atoms with Crippen LogP contribution in [0.15, 0.2) is 47.5 Å². The molecule has 0 saturated carbocycles. The zero-order valence-corrected chi connectivity index (χ0v) is 11.9. The van der Waals surface area contributed by atoms with Crippen LogP contribution >= 0.6 is 23.1 Å². The van der Waals surface area contributed by atoms with E-state index in [1.54, 1.807) is 0 Å². The number of thioether (sulfide) groups is 1. The first kappa shape index (κ1) is 12.0. The van der Waals surface area contributed by atoms with Crippen molar-refractivity contribution < 1.29 is 0 Å². The summed E-state index contributed by atoms with van der Waals surface area (Å²) in [7, 11) is 0. The van der Waals surface area contributed by atoms with Crippen molar-refractivity contribution in [1.29, 1.82) is 0 Å². The number of rotatable bonds is 3. The molecule has 1 aliphatic heterocycles. The lowest BCUT2D eigenvalue weighted by Gasteiger charge is -2.06. The Morgan fingerprint density at radius 3 is 2.94 bits per heavy atom. The first-order valence-corrected chi connectivity index (χ1v) is 7.93. The van der Waals surface area contributed by atoms with Crippen molar-refractivity contribution in [3.8, 4) is 10.6 Å². The van der Waals surface area contributed by atoms with Crippen LogP contribution in [-0.4, -0.2) is 4.98 Å². The minimum absolute atomic E-state index is 0.627. The largest absolute Gasteiger partial charge is 0.255 e. The topological polar surface area (TPSA) is 12.9 Å². The van der Waals surface area contributed by atoms with Crippen LogP contribution in [-0.2, 0) is 0 Å². The van der Waals surface area contributed by atoms with Crippen molar-refractivity contribution in [2.75, 3.05) is 0 Å². The fraction of sp³-hybridized carbons (Fsp3) is 0.267. The Morgan fingerprint density at radius 2 is 2.22 bits per heavy atom. The van der Waals surface area contributed by atoms with E-state index >= 15 is 0 Å². The molecule has 3 heterocycles. The van der Waals surface area contributed by atoms with Gasteiger partial charge in [-0.1, -0.05) is 19.1 Å². The summed E-state index contributed by atoms with van der Waals surface area (Å²) in [5.74, 6) is 0. The second-order valence-electron chi connectivity index (χ2n) is 4.28. The van der Waals surface area contributed by atoms with E-state index in [1.807, 2.05) is 41.4 Å². The van der Waals surface area contributed by atoms with E-state index in [1.165, 1.54) is 27.5 Å². The molecule has 0 fully saturated rings. The highest BCUT2D eigenvalue weighted by atomic mass is 32.2. The molecule has 18 heavy (non-hydrogen) atoms. The molecule has 0 spiro atoms. The van der Waals surface area contributed by atoms with Crippen molar-refractivity contribution in [3.63, 3.8) is 0 Å². The van der Waals surface area contributed by atoms with Gasteiger partial charge in [0.15, 0.2) is 0 Å². The smallest absolute Gasteiger partial charge is 0.0801 e. The molecular weight excluding hydrogens is 258 g/mol. The van der Waals surface area contributed by atoms with E-state index in [4.69, 9.17) is 0 Å². The Hall–Kier alpha value is -1.06. The molecule has 0 aromatic carbocycles. The maximum atomic E-state index is 4.41. The third-order valence-electron chi connectivity index (χ3n) is 3.06. The number of hydrogen-bond acceptors (Lipinski definition) is 3. The van der Waals surface area contributed by atoms with Crippen molar-refractivity contribution in [1.82, 2.24) is 4.98 Å². The summed E-state index contributed by atoms with van der Waals surface area (Å²) in [5.41, 5.74) is 1.08. The standard InChI is InChI=1S/C15H15NS2/c1-2-11-6-7-14(17-11)15-9-8-13(18-15)12-5-3-4-10-16-12/h3-6,8-10,14H,2,7H2,1H3. The van der Waals surface area contributed by atoms with E-state index in [0.717, 1.165) is 5.69 Å². The van der Waals surface area contributed by atoms with Crippen LogP contribution in [0.5, 0.6) is 0 Å². The van der Waals surface area contributed by atoms with Crippen LogP contribution in [0.25, 0.3) is 10.6 Å². The normalized spacial score (nSPS) is 18.9. The fourth-order valence-corrected chi connectivity index (χ4v) is 4.47. The quantitative estimate of drug-likeness (QED) is 0.754. The summed E-state index contributed by atoms with van der Waals surface area (Å²) in [6.07, 6.45) is 6.58. The maximum absolute atomic E-state index is 4.41. The van der Waals surface area contributed by atoms with Gasteiger partial charge in [0, 0.05) is 16.3 Å². The number of hydrogen-bond donors (Lipinski definition) is 0. The summed E-state index contributed by atoms with van der Waals surface area (Å²) in [6.45, 7) is 2.23. The highest BCUT2D eigenvalue weighted by Gasteiger charge is 2.20. The predicted octanol–water partition coefficient (Wildman–Crippen LogP) is 5.28. The summed E-state index contributed by atoms with van der Waals surface area (Å²) in [5, 5.41) is 0.627. The third kappa shape index (κ3) is 2.38. The molecule has 0 saturated heterocycles. The van der Waals surface area contributed by atoms with Gasteiger partial charge in [-0.25, -0.2) is 0 Å². The van der Waals surface area contributed by atoms with E-state index in [0.29, 0.717) is 5.25 Å². The number of nitrogens with zero attached hydrogens (tertiary/aromatic N) is 1. The highest BCUT2D eigenvalue weighted by molar-refractivity contribution is 8.03. The molecule has 0 bridgehead atoms. The molecule has 1 aliphatic rings. The van der Waals surface area contributed by atoms with Gasteiger partial charge < -0.3 is 0 Å². The monoisotopic (exact) mass is 273 g/mol. The van der Waals surface area contributed by atoms with E-state index < -0.39 is 0 Å². The molecule has 0 amide bonds. The summed E-state index contributed by atoms with van der Waals surface area (Å²) in [4.78, 5) is 8.69. The van der Waals surface area contributed by atoms with Crippen molar-refractivity contribution in [3.05, 3.63) is 52.4 Å². The minimum atomic E-state index is 0.627. The fourth-order valence-electron chi connectivity index (χ4n) is 2.09. The van der Waals surface area contributed by atoms with Gasteiger partial charge in [0.1, 0.15) is 0 Å². The lowest BCUT2D eigenvalue weighted by atomic mass is 10.2. The van der Waals surface area contributed by atoms with Crippen LogP contribution in [0.4, 0.5) is 0 Å². The average molecular weight is 273 g/mol. The van der Waals surface area contributed by atoms with Crippen LogP contribution in [0.2, 0.25) is 0 Å². The zero-order valence-electron chi connectivity index (χ0n) is 10.3. The van der Waals surface area contributed by atoms with Crippen molar-refractivity contribution in [2.45, 2.75) is 25.0 Å². The van der Waals surface area contributed by atoms with Gasteiger partial charge in [0.25, 0.3) is 0 Å². The van der Waals surface area contributed by atoms with Gasteiger partial charge in [0.05, 0.1) is 10.6 Å². The van der Waals surface area contributed by atoms with Gasteiger partial charge in [-0.15, -0.1) is 23.1 Å². The molecule has 0 N–H and O–H groups in total. The van der Waals surface area contributed by atoms with Crippen LogP contribution < -0.4 is 0 Å². The molecule has 3 heteroatoms. The van der Waals surface area contributed by atoms with Crippen LogP contribution in [0.3, 0.4) is 0 Å². The second-order valence-corrected chi connectivity index (χ2v) is 6.73. The average Bonchev–Trinajstić information content (AvgIpc) is 3.08. The van der Waals surface area contributed by atoms with Gasteiger partial charge >= 0.3 is 0 Å². The van der Waals surface area contributed by atoms with Gasteiger partial charge in [0.2, 0.25) is 0 Å². The lowest BCUT2D eigenvalue weighted by Crippen LogP contribution is -1.82. The Labute approximate surface area is 116 Å². The molecule has 1 unspecified atom stereocenters. The van der Waals surface area contributed by atoms with Crippen LogP contribution in [0, 0.1) is 0 Å². The molecule has 1 atom stereocenters. The van der Waals surface area contributed by atoms with Crippen LogP contribution in [0.1, 0.15) is 29.9 Å². The summed E-state index contributed by atoms with van der Waals surface area (Å²) >= 11 is 3.90. The molecule has 0 radical (unpaired) electrons.